The first kappa shape index (κ1) is 15.8. The Bertz CT molecular complexity index is 899. The number of fused-ring (bicyclic) bond motifs is 2. The van der Waals surface area contributed by atoms with Gasteiger partial charge in [-0.05, 0) is 45.3 Å². The Morgan fingerprint density at radius 3 is 2.26 bits per heavy atom. The lowest BCUT2D eigenvalue weighted by atomic mass is 10.2. The Morgan fingerprint density at radius 1 is 1.00 bits per heavy atom. The molecule has 5 heteroatoms. The minimum atomic E-state index is 0.0773. The summed E-state index contributed by atoms with van der Waals surface area (Å²) in [5.41, 5.74) is 2.97. The van der Waals surface area contributed by atoms with Crippen LogP contribution in [0.15, 0.2) is 48.5 Å². The predicted molar refractivity (Wildman–Crippen MR) is 97.8 cm³/mol. The molecule has 0 bridgehead atoms. The van der Waals surface area contributed by atoms with E-state index < -0.39 is 0 Å². The van der Waals surface area contributed by atoms with Crippen molar-refractivity contribution in [2.45, 2.75) is 13.5 Å². The molecule has 0 fully saturated rings. The third-order valence-electron chi connectivity index (χ3n) is 3.69. The summed E-state index contributed by atoms with van der Waals surface area (Å²) in [7, 11) is 3.83. The van der Waals surface area contributed by atoms with Gasteiger partial charge in [0.25, 0.3) is 0 Å². The van der Waals surface area contributed by atoms with E-state index >= 15 is 0 Å². The minimum Gasteiger partial charge on any atom is -0.301 e. The first-order valence-corrected chi connectivity index (χ1v) is 8.50. The van der Waals surface area contributed by atoms with Crippen LogP contribution in [0.2, 0.25) is 0 Å². The number of hydrogen-bond acceptors (Lipinski definition) is 3. The van der Waals surface area contributed by atoms with Crippen LogP contribution in [0.5, 0.6) is 0 Å². The summed E-state index contributed by atoms with van der Waals surface area (Å²) in [6, 6.07) is 16.2. The highest BCUT2D eigenvalue weighted by Gasteiger charge is 2.13. The number of nitrogens with zero attached hydrogens (tertiary/aromatic N) is 3. The van der Waals surface area contributed by atoms with Gasteiger partial charge in [-0.15, -0.1) is 0 Å². The molecule has 0 aliphatic carbocycles. The van der Waals surface area contributed by atoms with Crippen LogP contribution in [0.4, 0.5) is 0 Å². The molecule has 0 aliphatic heterocycles. The van der Waals surface area contributed by atoms with Gasteiger partial charge in [0, 0.05) is 6.54 Å². The summed E-state index contributed by atoms with van der Waals surface area (Å²) >= 11 is 1.69. The highest BCUT2D eigenvalue weighted by atomic mass is 32.1. The van der Waals surface area contributed by atoms with E-state index in [4.69, 9.17) is 0 Å². The number of likely N-dealkylation sites (N-methyl/N-ethyl adjacent to an activating group) is 1. The molecule has 23 heavy (non-hydrogen) atoms. The van der Waals surface area contributed by atoms with Gasteiger partial charge in [0.2, 0.25) is 5.91 Å². The van der Waals surface area contributed by atoms with Crippen LogP contribution in [-0.4, -0.2) is 40.0 Å². The van der Waals surface area contributed by atoms with Crippen LogP contribution >= 0.6 is 11.5 Å². The molecule has 3 aromatic rings. The zero-order valence-corrected chi connectivity index (χ0v) is 14.5. The van der Waals surface area contributed by atoms with Crippen LogP contribution in [0.1, 0.15) is 11.7 Å². The number of benzene rings is 2. The molecule has 0 radical (unpaired) electrons. The largest absolute Gasteiger partial charge is 0.301 e. The molecule has 1 aromatic heterocycles. The van der Waals surface area contributed by atoms with Gasteiger partial charge in [-0.25, -0.2) is 0 Å². The summed E-state index contributed by atoms with van der Waals surface area (Å²) in [6.07, 6.45) is 0. The predicted octanol–water partition coefficient (Wildman–Crippen LogP) is 4.00. The third kappa shape index (κ3) is 3.02. The maximum Gasteiger partial charge on any atom is 0.245 e. The monoisotopic (exact) mass is 327 g/mol. The molecule has 3 rings (SSSR count). The summed E-state index contributed by atoms with van der Waals surface area (Å²) in [5.74, 6) is 0.0773. The van der Waals surface area contributed by atoms with Crippen molar-refractivity contribution in [3.8, 4) is 0 Å². The topological polar surface area (TPSA) is 30.2 Å². The van der Waals surface area contributed by atoms with Crippen LogP contribution < -0.4 is 0 Å². The van der Waals surface area contributed by atoms with Crippen molar-refractivity contribution in [1.82, 2.24) is 13.4 Å². The van der Waals surface area contributed by atoms with Crippen LogP contribution in [0.25, 0.3) is 21.3 Å². The second kappa shape index (κ2) is 6.56. The van der Waals surface area contributed by atoms with E-state index in [1.54, 1.807) is 11.5 Å². The summed E-state index contributed by atoms with van der Waals surface area (Å²) in [5, 5.41) is 0. The lowest BCUT2D eigenvalue weighted by molar-refractivity contribution is 0.0886. The normalized spacial score (nSPS) is 11.3. The standard InChI is InChI=1S/C18H21N3OS/c1-4-20-14-9-5-6-10-15(14)21(18(22)13-19(2)3)16-11-7-8-12-17(16)23-20/h5-12H,4,13H2,1-3H3. The third-order valence-corrected chi connectivity index (χ3v) is 4.91. The quantitative estimate of drug-likeness (QED) is 0.728. The average Bonchev–Trinajstić information content (AvgIpc) is 2.68. The molecule has 1 heterocycles. The SMILES string of the molecule is CCn1sc2ccccc2n(C(=O)CN(C)C)c2ccccc21. The van der Waals surface area contributed by atoms with Crippen molar-refractivity contribution in [3.63, 3.8) is 0 Å². The fraction of sp³-hybridized carbons (Fsp3) is 0.278. The number of rotatable bonds is 3. The second-order valence-corrected chi connectivity index (χ2v) is 6.77. The van der Waals surface area contributed by atoms with E-state index in [2.05, 4.69) is 23.0 Å². The second-order valence-electron chi connectivity index (χ2n) is 5.71. The molecular weight excluding hydrogens is 306 g/mol. The molecule has 0 N–H and O–H groups in total. The van der Waals surface area contributed by atoms with Gasteiger partial charge < -0.3 is 4.90 Å². The van der Waals surface area contributed by atoms with E-state index in [0.29, 0.717) is 6.54 Å². The first-order valence-electron chi connectivity index (χ1n) is 7.73. The van der Waals surface area contributed by atoms with Gasteiger partial charge in [0.05, 0.1) is 27.8 Å². The van der Waals surface area contributed by atoms with Crippen LogP contribution in [0.3, 0.4) is 0 Å². The number of hydrogen-bond donors (Lipinski definition) is 0. The maximum atomic E-state index is 12.9. The number of aryl methyl sites for hydroxylation is 1. The Kier molecular flexibility index (Phi) is 4.50. The molecule has 0 unspecified atom stereocenters. The average molecular weight is 327 g/mol. The molecule has 2 aromatic carbocycles. The fourth-order valence-electron chi connectivity index (χ4n) is 2.73. The van der Waals surface area contributed by atoms with Crippen molar-refractivity contribution < 1.29 is 4.79 Å². The molecule has 0 spiro atoms. The van der Waals surface area contributed by atoms with Crippen molar-refractivity contribution in [2.24, 2.45) is 0 Å². The fourth-order valence-corrected chi connectivity index (χ4v) is 3.74. The molecule has 0 saturated carbocycles. The number of aromatic nitrogens is 2. The van der Waals surface area contributed by atoms with E-state index in [1.165, 1.54) is 0 Å². The zero-order valence-electron chi connectivity index (χ0n) is 13.7. The van der Waals surface area contributed by atoms with Crippen molar-refractivity contribution >= 4 is 38.7 Å². The van der Waals surface area contributed by atoms with Gasteiger partial charge in [-0.1, -0.05) is 35.8 Å². The summed E-state index contributed by atoms with van der Waals surface area (Å²) in [4.78, 5) is 14.8. The van der Waals surface area contributed by atoms with Crippen molar-refractivity contribution in [2.75, 3.05) is 20.6 Å². The van der Waals surface area contributed by atoms with E-state index in [0.717, 1.165) is 27.8 Å². The van der Waals surface area contributed by atoms with Gasteiger partial charge >= 0.3 is 0 Å². The van der Waals surface area contributed by atoms with Gasteiger partial charge in [-0.3, -0.25) is 13.3 Å². The number of carbonyl (C=O) groups excluding carboxylic acids is 1. The lowest BCUT2D eigenvalue weighted by Crippen LogP contribution is -2.26. The Labute approximate surface area is 140 Å². The van der Waals surface area contributed by atoms with Crippen molar-refractivity contribution in [3.05, 3.63) is 48.5 Å². The molecule has 0 atom stereocenters. The molecule has 0 saturated heterocycles. The summed E-state index contributed by atoms with van der Waals surface area (Å²) < 4.78 is 5.18. The Hall–Kier alpha value is -2.11. The van der Waals surface area contributed by atoms with Gasteiger partial charge in [0.15, 0.2) is 0 Å². The molecule has 4 nitrogen and oxygen atoms in total. The van der Waals surface area contributed by atoms with Crippen molar-refractivity contribution in [1.29, 1.82) is 0 Å². The van der Waals surface area contributed by atoms with E-state index in [-0.39, 0.29) is 5.91 Å². The minimum absolute atomic E-state index is 0.0773. The smallest absolute Gasteiger partial charge is 0.245 e. The molecular formula is C18H21N3OS. The highest BCUT2D eigenvalue weighted by Crippen LogP contribution is 2.24. The Balaban J connectivity index is 2.49. The lowest BCUT2D eigenvalue weighted by Gasteiger charge is -2.13. The van der Waals surface area contributed by atoms with Crippen LogP contribution in [-0.2, 0) is 6.54 Å². The zero-order chi connectivity index (χ0) is 16.4. The number of carbonyl (C=O) groups is 1. The molecule has 120 valence electrons. The highest BCUT2D eigenvalue weighted by molar-refractivity contribution is 7.13. The van der Waals surface area contributed by atoms with E-state index in [1.807, 2.05) is 60.0 Å². The number of para-hydroxylation sites is 3. The van der Waals surface area contributed by atoms with Gasteiger partial charge in [-0.2, -0.15) is 0 Å². The Morgan fingerprint density at radius 2 is 1.61 bits per heavy atom. The van der Waals surface area contributed by atoms with Gasteiger partial charge in [0.1, 0.15) is 0 Å². The first-order chi connectivity index (χ1) is 11.1. The maximum absolute atomic E-state index is 12.9. The van der Waals surface area contributed by atoms with E-state index in [9.17, 15) is 4.79 Å². The molecule has 0 aliphatic rings. The summed E-state index contributed by atoms with van der Waals surface area (Å²) in [6.45, 7) is 3.37. The molecule has 0 amide bonds. The van der Waals surface area contributed by atoms with Crippen LogP contribution in [0, 0.1) is 0 Å².